The molecule has 33 heavy (non-hydrogen) atoms. The molecular weight excluding hydrogens is 434 g/mol. The average molecular weight is 470 g/mol. The Labute approximate surface area is 198 Å². The maximum atomic E-state index is 13.3. The van der Waals surface area contributed by atoms with Gasteiger partial charge >= 0.3 is 0 Å². The standard InChI is InChI=1S/C26H35N3O3S/c1-21-9-6-7-14-25(21)27(2)26(30)23-12-8-13-24(19-23)33(31,32)29-17-15-28(16-18-29)20-22-10-4-3-5-11-22/h3-5,8,10-13,19,21,25H,6-7,9,14-18,20H2,1-2H3. The Kier molecular flexibility index (Phi) is 7.51. The van der Waals surface area contributed by atoms with Gasteiger partial charge in [0.05, 0.1) is 4.90 Å². The first kappa shape index (κ1) is 23.9. The Morgan fingerprint density at radius 3 is 2.36 bits per heavy atom. The van der Waals surface area contributed by atoms with Crippen molar-refractivity contribution in [1.29, 1.82) is 0 Å². The van der Waals surface area contributed by atoms with Crippen molar-refractivity contribution in [2.75, 3.05) is 33.2 Å². The first-order chi connectivity index (χ1) is 15.9. The van der Waals surface area contributed by atoms with Crippen LogP contribution in [0.4, 0.5) is 0 Å². The van der Waals surface area contributed by atoms with Crippen molar-refractivity contribution in [3.8, 4) is 0 Å². The number of sulfonamides is 1. The number of carbonyl (C=O) groups excluding carboxylic acids is 1. The fourth-order valence-corrected chi connectivity index (χ4v) is 6.60. The molecule has 2 fully saturated rings. The number of benzene rings is 2. The number of amides is 1. The third-order valence-corrected chi connectivity index (χ3v) is 9.08. The molecule has 1 aliphatic heterocycles. The van der Waals surface area contributed by atoms with Crippen molar-refractivity contribution in [2.45, 2.75) is 50.1 Å². The molecule has 0 spiro atoms. The van der Waals surface area contributed by atoms with Gasteiger partial charge in [0.25, 0.3) is 5.91 Å². The lowest BCUT2D eigenvalue weighted by molar-refractivity contribution is 0.0628. The summed E-state index contributed by atoms with van der Waals surface area (Å²) in [6, 6.07) is 17.0. The van der Waals surface area contributed by atoms with Gasteiger partial charge in [-0.25, -0.2) is 8.42 Å². The SMILES string of the molecule is CC1CCCCC1N(C)C(=O)c1cccc(S(=O)(=O)N2CCN(Cc3ccccc3)CC2)c1. The Hall–Kier alpha value is -2.22. The van der Waals surface area contributed by atoms with Gasteiger partial charge in [-0.3, -0.25) is 9.69 Å². The van der Waals surface area contributed by atoms with E-state index in [0.717, 1.165) is 25.8 Å². The Balaban J connectivity index is 1.42. The van der Waals surface area contributed by atoms with E-state index in [1.807, 2.05) is 30.1 Å². The molecule has 1 saturated carbocycles. The van der Waals surface area contributed by atoms with E-state index < -0.39 is 10.0 Å². The number of rotatable bonds is 6. The Morgan fingerprint density at radius 1 is 0.970 bits per heavy atom. The molecule has 7 heteroatoms. The highest BCUT2D eigenvalue weighted by molar-refractivity contribution is 7.89. The molecule has 2 atom stereocenters. The molecule has 6 nitrogen and oxygen atoms in total. The Morgan fingerprint density at radius 2 is 1.67 bits per heavy atom. The van der Waals surface area contributed by atoms with Crippen molar-refractivity contribution in [2.24, 2.45) is 5.92 Å². The molecule has 0 radical (unpaired) electrons. The van der Waals surface area contributed by atoms with E-state index in [9.17, 15) is 13.2 Å². The van der Waals surface area contributed by atoms with Crippen LogP contribution in [-0.2, 0) is 16.6 Å². The van der Waals surface area contributed by atoms with Crippen LogP contribution in [0.2, 0.25) is 0 Å². The highest BCUT2D eigenvalue weighted by Crippen LogP contribution is 2.29. The normalized spacial score (nSPS) is 22.7. The van der Waals surface area contributed by atoms with Crippen LogP contribution in [0.15, 0.2) is 59.5 Å². The fraction of sp³-hybridized carbons (Fsp3) is 0.500. The average Bonchev–Trinajstić information content (AvgIpc) is 2.84. The van der Waals surface area contributed by atoms with Gasteiger partial charge in [0.15, 0.2) is 0 Å². The number of hydrogen-bond acceptors (Lipinski definition) is 4. The smallest absolute Gasteiger partial charge is 0.253 e. The third-order valence-electron chi connectivity index (χ3n) is 7.18. The summed E-state index contributed by atoms with van der Waals surface area (Å²) < 4.78 is 28.2. The van der Waals surface area contributed by atoms with Crippen LogP contribution in [0.1, 0.15) is 48.5 Å². The minimum Gasteiger partial charge on any atom is -0.338 e. The highest BCUT2D eigenvalue weighted by Gasteiger charge is 2.31. The van der Waals surface area contributed by atoms with E-state index >= 15 is 0 Å². The second-order valence-electron chi connectivity index (χ2n) is 9.44. The van der Waals surface area contributed by atoms with Crippen LogP contribution in [-0.4, -0.2) is 67.7 Å². The molecule has 0 N–H and O–H groups in total. The lowest BCUT2D eigenvalue weighted by Gasteiger charge is -2.36. The van der Waals surface area contributed by atoms with Crippen molar-refractivity contribution in [1.82, 2.24) is 14.1 Å². The molecule has 178 valence electrons. The number of hydrogen-bond donors (Lipinski definition) is 0. The maximum Gasteiger partial charge on any atom is 0.253 e. The second kappa shape index (κ2) is 10.4. The topological polar surface area (TPSA) is 60.9 Å². The minimum atomic E-state index is -3.64. The van der Waals surface area contributed by atoms with Crippen molar-refractivity contribution in [3.05, 3.63) is 65.7 Å². The monoisotopic (exact) mass is 469 g/mol. The van der Waals surface area contributed by atoms with Crippen LogP contribution >= 0.6 is 0 Å². The molecule has 4 rings (SSSR count). The van der Waals surface area contributed by atoms with E-state index in [0.29, 0.717) is 37.7 Å². The fourth-order valence-electron chi connectivity index (χ4n) is 5.13. The molecule has 1 amide bonds. The van der Waals surface area contributed by atoms with Gasteiger partial charge in [0.1, 0.15) is 0 Å². The zero-order valence-corrected chi connectivity index (χ0v) is 20.5. The van der Waals surface area contributed by atoms with Crippen LogP contribution in [0.3, 0.4) is 0 Å². The molecule has 1 saturated heterocycles. The van der Waals surface area contributed by atoms with Crippen molar-refractivity contribution in [3.63, 3.8) is 0 Å². The Bertz CT molecular complexity index is 1050. The van der Waals surface area contributed by atoms with Gasteiger partial charge < -0.3 is 4.90 Å². The summed E-state index contributed by atoms with van der Waals surface area (Å²) >= 11 is 0. The molecule has 1 heterocycles. The van der Waals surface area contributed by atoms with Crippen molar-refractivity contribution >= 4 is 15.9 Å². The summed E-state index contributed by atoms with van der Waals surface area (Å²) in [5.41, 5.74) is 1.68. The lowest BCUT2D eigenvalue weighted by Crippen LogP contribution is -2.48. The molecule has 2 aliphatic rings. The van der Waals surface area contributed by atoms with Gasteiger partial charge in [-0.2, -0.15) is 4.31 Å². The predicted molar refractivity (Wildman–Crippen MR) is 130 cm³/mol. The first-order valence-electron chi connectivity index (χ1n) is 12.0. The molecule has 2 aromatic rings. The quantitative estimate of drug-likeness (QED) is 0.645. The largest absolute Gasteiger partial charge is 0.338 e. The van der Waals surface area contributed by atoms with E-state index in [1.165, 1.54) is 12.0 Å². The number of nitrogens with zero attached hydrogens (tertiary/aromatic N) is 3. The van der Waals surface area contributed by atoms with Gasteiger partial charge in [-0.15, -0.1) is 0 Å². The first-order valence-corrected chi connectivity index (χ1v) is 13.4. The lowest BCUT2D eigenvalue weighted by atomic mass is 9.85. The number of carbonyl (C=O) groups is 1. The third kappa shape index (κ3) is 5.48. The van der Waals surface area contributed by atoms with Gasteiger partial charge in [0.2, 0.25) is 10.0 Å². The van der Waals surface area contributed by atoms with Crippen LogP contribution in [0.25, 0.3) is 0 Å². The van der Waals surface area contributed by atoms with Crippen LogP contribution < -0.4 is 0 Å². The summed E-state index contributed by atoms with van der Waals surface area (Å²) in [5.74, 6) is 0.366. The molecule has 2 aromatic carbocycles. The van der Waals surface area contributed by atoms with E-state index in [-0.39, 0.29) is 16.8 Å². The van der Waals surface area contributed by atoms with Crippen LogP contribution in [0.5, 0.6) is 0 Å². The summed E-state index contributed by atoms with van der Waals surface area (Å²) in [4.78, 5) is 17.5. The molecular formula is C26H35N3O3S. The summed E-state index contributed by atoms with van der Waals surface area (Å²) in [6.07, 6.45) is 4.49. The van der Waals surface area contributed by atoms with E-state index in [1.54, 1.807) is 28.6 Å². The highest BCUT2D eigenvalue weighted by atomic mass is 32.2. The summed E-state index contributed by atoms with van der Waals surface area (Å²) in [5, 5.41) is 0. The van der Waals surface area contributed by atoms with Crippen molar-refractivity contribution < 1.29 is 13.2 Å². The van der Waals surface area contributed by atoms with Crippen LogP contribution in [0, 0.1) is 5.92 Å². The number of piperazine rings is 1. The zero-order valence-electron chi connectivity index (χ0n) is 19.7. The van der Waals surface area contributed by atoms with Gasteiger partial charge in [-0.05, 0) is 42.5 Å². The molecule has 0 aromatic heterocycles. The van der Waals surface area contributed by atoms with E-state index in [4.69, 9.17) is 0 Å². The second-order valence-corrected chi connectivity index (χ2v) is 11.4. The minimum absolute atomic E-state index is 0.0986. The molecule has 0 bridgehead atoms. The zero-order chi connectivity index (χ0) is 23.4. The van der Waals surface area contributed by atoms with Gasteiger partial charge in [-0.1, -0.05) is 56.2 Å². The summed E-state index contributed by atoms with van der Waals surface area (Å²) in [6.45, 7) is 5.31. The molecule has 1 aliphatic carbocycles. The summed E-state index contributed by atoms with van der Waals surface area (Å²) in [7, 11) is -1.79. The van der Waals surface area contributed by atoms with E-state index in [2.05, 4.69) is 24.0 Å². The maximum absolute atomic E-state index is 13.3. The van der Waals surface area contributed by atoms with Gasteiger partial charge in [0, 0.05) is 51.4 Å². The predicted octanol–water partition coefficient (Wildman–Crippen LogP) is 3.84. The molecule has 2 unspecified atom stereocenters.